The number of nitrogens with zero attached hydrogens (tertiary/aromatic N) is 6. The van der Waals surface area contributed by atoms with Crippen LogP contribution in [-0.4, -0.2) is 42.3 Å². The van der Waals surface area contributed by atoms with Gasteiger partial charge in [0.2, 0.25) is 0 Å². The zero-order valence-corrected chi connectivity index (χ0v) is 16.1. The average molecular weight is 390 g/mol. The third-order valence-electron chi connectivity index (χ3n) is 6.00. The molecule has 0 aliphatic carbocycles. The number of likely N-dealkylation sites (tertiary alicyclic amines) is 1. The number of rotatable bonds is 4. The van der Waals surface area contributed by atoms with Crippen LogP contribution in [-0.2, 0) is 25.0 Å². The van der Waals surface area contributed by atoms with Crippen molar-refractivity contribution in [1.29, 1.82) is 0 Å². The summed E-state index contributed by atoms with van der Waals surface area (Å²) in [7, 11) is 0. The van der Waals surface area contributed by atoms with Gasteiger partial charge in [0.15, 0.2) is 0 Å². The van der Waals surface area contributed by atoms with Gasteiger partial charge in [-0.3, -0.25) is 29.0 Å². The van der Waals surface area contributed by atoms with E-state index in [0.717, 1.165) is 44.0 Å². The molecule has 0 bridgehead atoms. The molecule has 0 unspecified atom stereocenters. The highest BCUT2D eigenvalue weighted by Gasteiger charge is 2.47. The Morgan fingerprint density at radius 1 is 0.862 bits per heavy atom. The van der Waals surface area contributed by atoms with Crippen LogP contribution in [0.5, 0.6) is 0 Å². The fourth-order valence-electron chi connectivity index (χ4n) is 4.53. The smallest absolute Gasteiger partial charge is 0.296 e. The highest BCUT2D eigenvalue weighted by atomic mass is 16.2. The third-order valence-corrected chi connectivity index (χ3v) is 6.00. The molecule has 0 N–H and O–H groups in total. The maximum absolute atomic E-state index is 12.7. The van der Waals surface area contributed by atoms with Crippen molar-refractivity contribution in [2.24, 2.45) is 0 Å². The summed E-state index contributed by atoms with van der Waals surface area (Å²) in [4.78, 5) is 36.3. The normalized spacial score (nSPS) is 21.0. The van der Waals surface area contributed by atoms with E-state index in [1.54, 1.807) is 10.8 Å². The topological polar surface area (TPSA) is 85.9 Å². The largest absolute Gasteiger partial charge is 0.332 e. The van der Waals surface area contributed by atoms with Gasteiger partial charge >= 0.3 is 11.1 Å². The van der Waals surface area contributed by atoms with Crippen LogP contribution in [0.15, 0.2) is 58.4 Å². The summed E-state index contributed by atoms with van der Waals surface area (Å²) in [5.41, 5.74) is 0.494. The van der Waals surface area contributed by atoms with Gasteiger partial charge in [-0.2, -0.15) is 5.10 Å². The van der Waals surface area contributed by atoms with Gasteiger partial charge in [0.25, 0.3) is 0 Å². The maximum Gasteiger partial charge on any atom is 0.332 e. The van der Waals surface area contributed by atoms with Crippen LogP contribution in [0.3, 0.4) is 0 Å². The van der Waals surface area contributed by atoms with Crippen LogP contribution in [0.1, 0.15) is 30.1 Å². The molecule has 0 radical (unpaired) electrons. The Labute approximate surface area is 167 Å². The minimum absolute atomic E-state index is 0.187. The summed E-state index contributed by atoms with van der Waals surface area (Å²) in [5, 5.41) is 4.67. The summed E-state index contributed by atoms with van der Waals surface area (Å²) >= 11 is 0. The first-order chi connectivity index (χ1) is 14.1. The number of pyridine rings is 2. The zero-order valence-electron chi connectivity index (χ0n) is 16.1. The molecule has 0 amide bonds. The van der Waals surface area contributed by atoms with Crippen molar-refractivity contribution in [2.75, 3.05) is 13.1 Å². The highest BCUT2D eigenvalue weighted by molar-refractivity contribution is 5.18. The SMILES string of the molecule is O=c1c(=O)n2c(nn1Cc1ccccn1)[C@@]1(CCN(Cc3ccccn3)C1)CC2. The van der Waals surface area contributed by atoms with Crippen molar-refractivity contribution in [3.63, 3.8) is 0 Å². The van der Waals surface area contributed by atoms with Crippen molar-refractivity contribution < 1.29 is 0 Å². The van der Waals surface area contributed by atoms with Gasteiger partial charge in [-0.1, -0.05) is 12.1 Å². The Balaban J connectivity index is 1.46. The first kappa shape index (κ1) is 17.9. The molecule has 8 heteroatoms. The second kappa shape index (κ2) is 7.04. The molecule has 29 heavy (non-hydrogen) atoms. The fraction of sp³-hybridized carbons (Fsp3) is 0.381. The van der Waals surface area contributed by atoms with E-state index in [0.29, 0.717) is 12.2 Å². The predicted molar refractivity (Wildman–Crippen MR) is 107 cm³/mol. The Hall–Kier alpha value is -3.13. The monoisotopic (exact) mass is 390 g/mol. The van der Waals surface area contributed by atoms with Crippen molar-refractivity contribution >= 4 is 0 Å². The van der Waals surface area contributed by atoms with E-state index in [4.69, 9.17) is 0 Å². The van der Waals surface area contributed by atoms with E-state index < -0.39 is 11.1 Å². The summed E-state index contributed by atoms with van der Waals surface area (Å²) in [5.74, 6) is 0.738. The van der Waals surface area contributed by atoms with Gasteiger partial charge < -0.3 is 0 Å². The number of hydrogen-bond donors (Lipinski definition) is 0. The van der Waals surface area contributed by atoms with E-state index >= 15 is 0 Å². The number of hydrogen-bond acceptors (Lipinski definition) is 6. The lowest BCUT2D eigenvalue weighted by molar-refractivity contribution is 0.294. The summed E-state index contributed by atoms with van der Waals surface area (Å²) in [6.07, 6.45) is 5.24. The van der Waals surface area contributed by atoms with E-state index in [1.807, 2.05) is 42.6 Å². The Bertz CT molecular complexity index is 1140. The van der Waals surface area contributed by atoms with Crippen molar-refractivity contribution in [2.45, 2.75) is 37.9 Å². The van der Waals surface area contributed by atoms with E-state index in [1.165, 1.54) is 4.68 Å². The molecule has 5 rings (SSSR count). The summed E-state index contributed by atoms with van der Waals surface area (Å²) in [6.45, 7) is 3.28. The maximum atomic E-state index is 12.7. The van der Waals surface area contributed by atoms with E-state index in [2.05, 4.69) is 20.0 Å². The number of fused-ring (bicyclic) bond motifs is 2. The molecule has 0 aromatic carbocycles. The minimum atomic E-state index is -0.584. The van der Waals surface area contributed by atoms with Gasteiger partial charge in [0.1, 0.15) is 5.82 Å². The fourth-order valence-corrected chi connectivity index (χ4v) is 4.53. The zero-order chi connectivity index (χ0) is 19.8. The lowest BCUT2D eigenvalue weighted by Gasteiger charge is -2.23. The van der Waals surface area contributed by atoms with Crippen LogP contribution in [0, 0.1) is 0 Å². The van der Waals surface area contributed by atoms with E-state index in [9.17, 15) is 9.59 Å². The molecular formula is C21H22N6O2. The Kier molecular flexibility index (Phi) is 4.35. The van der Waals surface area contributed by atoms with Gasteiger partial charge in [-0.25, -0.2) is 4.68 Å². The quantitative estimate of drug-likeness (QED) is 0.613. The molecule has 1 spiro atoms. The van der Waals surface area contributed by atoms with Crippen LogP contribution in [0.4, 0.5) is 0 Å². The van der Waals surface area contributed by atoms with E-state index in [-0.39, 0.29) is 12.0 Å². The molecule has 8 nitrogen and oxygen atoms in total. The van der Waals surface area contributed by atoms with Crippen LogP contribution in [0.25, 0.3) is 0 Å². The highest BCUT2D eigenvalue weighted by Crippen LogP contribution is 2.40. The van der Waals surface area contributed by atoms with Gasteiger partial charge in [0, 0.05) is 37.4 Å². The Morgan fingerprint density at radius 2 is 1.55 bits per heavy atom. The second-order valence-corrected chi connectivity index (χ2v) is 7.88. The first-order valence-electron chi connectivity index (χ1n) is 9.89. The third kappa shape index (κ3) is 3.19. The second-order valence-electron chi connectivity index (χ2n) is 7.88. The molecule has 0 saturated carbocycles. The molecule has 148 valence electrons. The lowest BCUT2D eigenvalue weighted by atomic mass is 9.85. The molecular weight excluding hydrogens is 368 g/mol. The molecule has 2 aliphatic rings. The lowest BCUT2D eigenvalue weighted by Crippen LogP contribution is -2.45. The van der Waals surface area contributed by atoms with Crippen LogP contribution in [0.2, 0.25) is 0 Å². The molecule has 5 heterocycles. The van der Waals surface area contributed by atoms with Crippen molar-refractivity contribution in [1.82, 2.24) is 29.2 Å². The Morgan fingerprint density at radius 3 is 2.24 bits per heavy atom. The predicted octanol–water partition coefficient (Wildman–Crippen LogP) is 0.791. The van der Waals surface area contributed by atoms with Crippen LogP contribution < -0.4 is 11.1 Å². The molecule has 2 aliphatic heterocycles. The molecule has 3 aromatic heterocycles. The molecule has 1 saturated heterocycles. The molecule has 3 aromatic rings. The standard InChI is InChI=1S/C21H22N6O2/c28-18-19(29)27(14-17-6-2-4-10-23-17)24-20-21(8-12-26(18)20)7-11-25(15-21)13-16-5-1-3-9-22-16/h1-6,9-10H,7-8,11-15H2/t21-/m0/s1. The first-order valence-corrected chi connectivity index (χ1v) is 9.89. The molecule has 1 atom stereocenters. The average Bonchev–Trinajstić information content (AvgIpc) is 3.32. The van der Waals surface area contributed by atoms with Gasteiger partial charge in [-0.15, -0.1) is 0 Å². The molecule has 1 fully saturated rings. The van der Waals surface area contributed by atoms with Crippen LogP contribution >= 0.6 is 0 Å². The van der Waals surface area contributed by atoms with Gasteiger partial charge in [-0.05, 0) is 43.7 Å². The summed E-state index contributed by atoms with van der Waals surface area (Å²) < 4.78 is 2.87. The van der Waals surface area contributed by atoms with Crippen molar-refractivity contribution in [3.8, 4) is 0 Å². The number of aromatic nitrogens is 5. The summed E-state index contributed by atoms with van der Waals surface area (Å²) in [6, 6.07) is 11.5. The van der Waals surface area contributed by atoms with Gasteiger partial charge in [0.05, 0.1) is 17.9 Å². The minimum Gasteiger partial charge on any atom is -0.296 e. The van der Waals surface area contributed by atoms with Crippen molar-refractivity contribution in [3.05, 3.63) is 86.7 Å².